The zero-order valence-corrected chi connectivity index (χ0v) is 7.54. The number of nitrogens with two attached hydrogens (primary N) is 1. The molecule has 0 aromatic heterocycles. The predicted molar refractivity (Wildman–Crippen MR) is 55.7 cm³/mol. The Morgan fingerprint density at radius 3 is 2.54 bits per heavy atom. The summed E-state index contributed by atoms with van der Waals surface area (Å²) >= 11 is 0. The van der Waals surface area contributed by atoms with Crippen LogP contribution in [0.2, 0.25) is 0 Å². The molecule has 0 fully saturated rings. The molecule has 0 aliphatic carbocycles. The molecule has 68 valence electrons. The van der Waals surface area contributed by atoms with Gasteiger partial charge < -0.3 is 16.5 Å². The van der Waals surface area contributed by atoms with Gasteiger partial charge in [-0.2, -0.15) is 0 Å². The lowest BCUT2D eigenvalue weighted by Crippen LogP contribution is -2.08. The van der Waals surface area contributed by atoms with Crippen LogP contribution >= 0.6 is 0 Å². The molecule has 3 heteroatoms. The van der Waals surface area contributed by atoms with Crippen molar-refractivity contribution in [2.75, 3.05) is 5.32 Å². The van der Waals surface area contributed by atoms with Gasteiger partial charge >= 0.3 is 0 Å². The molecule has 0 aliphatic rings. The van der Waals surface area contributed by atoms with Gasteiger partial charge in [0.2, 0.25) is 0 Å². The van der Waals surface area contributed by atoms with Crippen LogP contribution in [0.4, 0.5) is 5.69 Å². The second kappa shape index (κ2) is 4.30. The maximum Gasteiger partial charge on any atom is 0.0685 e. The van der Waals surface area contributed by atoms with E-state index >= 15 is 0 Å². The lowest BCUT2D eigenvalue weighted by atomic mass is 10.3. The Labute approximate surface area is 77.8 Å². The van der Waals surface area contributed by atoms with Crippen LogP contribution in [0.15, 0.2) is 42.2 Å². The minimum Gasteiger partial charge on any atom is -0.396 e. The molecule has 1 rings (SSSR count). The summed E-state index contributed by atoms with van der Waals surface area (Å²) in [5.74, 6) is 0. The van der Waals surface area contributed by atoms with E-state index in [0.717, 1.165) is 5.69 Å². The van der Waals surface area contributed by atoms with Crippen LogP contribution in [0.5, 0.6) is 0 Å². The molecule has 1 aromatic rings. The van der Waals surface area contributed by atoms with E-state index in [0.29, 0.717) is 11.4 Å². The zero-order valence-electron chi connectivity index (χ0n) is 7.54. The molecule has 0 spiro atoms. The predicted octanol–water partition coefficient (Wildman–Crippen LogP) is 1.94. The summed E-state index contributed by atoms with van der Waals surface area (Å²) in [4.78, 5) is 0. The number of allylic oxidation sites excluding steroid dienone is 1. The van der Waals surface area contributed by atoms with Crippen molar-refractivity contribution in [3.05, 3.63) is 42.2 Å². The number of para-hydroxylation sites is 1. The van der Waals surface area contributed by atoms with Gasteiger partial charge in [-0.1, -0.05) is 18.2 Å². The first-order valence-corrected chi connectivity index (χ1v) is 4.03. The first kappa shape index (κ1) is 9.32. The third-order valence-electron chi connectivity index (χ3n) is 1.60. The standard InChI is InChI=1S/C10H13N3/c1-8(11)10(12)7-13-9-5-3-2-4-6-9/h2-7,11,13H,12H2,1H3/b10-7+,11-8?. The van der Waals surface area contributed by atoms with Crippen LogP contribution < -0.4 is 11.1 Å². The quantitative estimate of drug-likeness (QED) is 0.615. The first-order chi connectivity index (χ1) is 6.20. The van der Waals surface area contributed by atoms with Gasteiger partial charge in [0, 0.05) is 11.9 Å². The molecule has 0 saturated heterocycles. The van der Waals surface area contributed by atoms with Crippen molar-refractivity contribution in [1.82, 2.24) is 0 Å². The number of benzene rings is 1. The van der Waals surface area contributed by atoms with E-state index in [1.807, 2.05) is 30.3 Å². The topological polar surface area (TPSA) is 61.9 Å². The maximum absolute atomic E-state index is 7.23. The van der Waals surface area contributed by atoms with Crippen molar-refractivity contribution in [1.29, 1.82) is 5.41 Å². The summed E-state index contributed by atoms with van der Waals surface area (Å²) < 4.78 is 0. The molecule has 0 bridgehead atoms. The normalized spacial score (nSPS) is 11.0. The smallest absolute Gasteiger partial charge is 0.0685 e. The monoisotopic (exact) mass is 175 g/mol. The third-order valence-corrected chi connectivity index (χ3v) is 1.60. The van der Waals surface area contributed by atoms with Crippen LogP contribution in [0, 0.1) is 5.41 Å². The van der Waals surface area contributed by atoms with E-state index in [1.165, 1.54) is 0 Å². The minimum absolute atomic E-state index is 0.364. The molecule has 1 aromatic carbocycles. The fourth-order valence-electron chi connectivity index (χ4n) is 0.804. The molecule has 0 heterocycles. The Balaban J connectivity index is 2.62. The Morgan fingerprint density at radius 1 is 1.38 bits per heavy atom. The number of anilines is 1. The SMILES string of the molecule is CC(=N)/C(N)=C\Nc1ccccc1. The van der Waals surface area contributed by atoms with Crippen molar-refractivity contribution in [3.8, 4) is 0 Å². The molecule has 0 unspecified atom stereocenters. The number of rotatable bonds is 3. The average molecular weight is 175 g/mol. The van der Waals surface area contributed by atoms with Gasteiger partial charge in [0.05, 0.1) is 11.4 Å². The first-order valence-electron chi connectivity index (χ1n) is 4.03. The van der Waals surface area contributed by atoms with Crippen LogP contribution in [-0.2, 0) is 0 Å². The highest BCUT2D eigenvalue weighted by molar-refractivity contribution is 5.94. The Hall–Kier alpha value is -1.77. The van der Waals surface area contributed by atoms with E-state index < -0.39 is 0 Å². The lowest BCUT2D eigenvalue weighted by molar-refractivity contribution is 1.36. The van der Waals surface area contributed by atoms with Crippen molar-refractivity contribution >= 4 is 11.4 Å². The third kappa shape index (κ3) is 2.99. The second-order valence-corrected chi connectivity index (χ2v) is 2.74. The largest absolute Gasteiger partial charge is 0.396 e. The summed E-state index contributed by atoms with van der Waals surface area (Å²) in [7, 11) is 0. The molecule has 0 saturated carbocycles. The second-order valence-electron chi connectivity index (χ2n) is 2.74. The molecular formula is C10H13N3. The molecule has 0 atom stereocenters. The highest BCUT2D eigenvalue weighted by atomic mass is 14.9. The van der Waals surface area contributed by atoms with Gasteiger partial charge in [-0.15, -0.1) is 0 Å². The summed E-state index contributed by atoms with van der Waals surface area (Å²) in [6.07, 6.45) is 1.62. The Morgan fingerprint density at radius 2 is 2.00 bits per heavy atom. The molecule has 3 nitrogen and oxygen atoms in total. The number of hydrogen-bond acceptors (Lipinski definition) is 3. The molecule has 0 aliphatic heterocycles. The van der Waals surface area contributed by atoms with Gasteiger partial charge in [-0.3, -0.25) is 0 Å². The summed E-state index contributed by atoms with van der Waals surface area (Å²) in [5.41, 5.74) is 7.32. The van der Waals surface area contributed by atoms with Crippen LogP contribution in [0.25, 0.3) is 0 Å². The summed E-state index contributed by atoms with van der Waals surface area (Å²) in [6.45, 7) is 1.65. The van der Waals surface area contributed by atoms with Gasteiger partial charge in [-0.25, -0.2) is 0 Å². The Bertz CT molecular complexity index is 314. The van der Waals surface area contributed by atoms with Gasteiger partial charge in [-0.05, 0) is 19.1 Å². The summed E-state index contributed by atoms with van der Waals surface area (Å²) in [6, 6.07) is 9.68. The van der Waals surface area contributed by atoms with Crippen molar-refractivity contribution in [2.24, 2.45) is 5.73 Å². The fraction of sp³-hybridized carbons (Fsp3) is 0.100. The van der Waals surface area contributed by atoms with Gasteiger partial charge in [0.1, 0.15) is 0 Å². The average Bonchev–Trinajstić information content (AvgIpc) is 2.15. The van der Waals surface area contributed by atoms with Gasteiger partial charge in [0.25, 0.3) is 0 Å². The van der Waals surface area contributed by atoms with Crippen molar-refractivity contribution in [2.45, 2.75) is 6.92 Å². The molecule has 0 amide bonds. The lowest BCUT2D eigenvalue weighted by Gasteiger charge is -2.01. The van der Waals surface area contributed by atoms with Crippen LogP contribution in [-0.4, -0.2) is 5.71 Å². The summed E-state index contributed by atoms with van der Waals surface area (Å²) in [5, 5.41) is 10.2. The van der Waals surface area contributed by atoms with E-state index in [2.05, 4.69) is 5.32 Å². The number of nitrogens with one attached hydrogen (secondary N) is 2. The molecule has 13 heavy (non-hydrogen) atoms. The molecular weight excluding hydrogens is 162 g/mol. The maximum atomic E-state index is 7.23. The zero-order chi connectivity index (χ0) is 9.68. The van der Waals surface area contributed by atoms with Crippen molar-refractivity contribution in [3.63, 3.8) is 0 Å². The van der Waals surface area contributed by atoms with Gasteiger partial charge in [0.15, 0.2) is 0 Å². The van der Waals surface area contributed by atoms with Crippen LogP contribution in [0.1, 0.15) is 6.92 Å². The molecule has 0 radical (unpaired) electrons. The van der Waals surface area contributed by atoms with Crippen LogP contribution in [0.3, 0.4) is 0 Å². The number of hydrogen-bond donors (Lipinski definition) is 3. The molecule has 4 N–H and O–H groups in total. The van der Waals surface area contributed by atoms with E-state index in [1.54, 1.807) is 13.1 Å². The Kier molecular flexibility index (Phi) is 3.09. The van der Waals surface area contributed by atoms with Crippen molar-refractivity contribution < 1.29 is 0 Å². The van der Waals surface area contributed by atoms with E-state index in [-0.39, 0.29) is 0 Å². The minimum atomic E-state index is 0.364. The fourth-order valence-corrected chi connectivity index (χ4v) is 0.804. The highest BCUT2D eigenvalue weighted by Crippen LogP contribution is 2.04. The van der Waals surface area contributed by atoms with E-state index in [9.17, 15) is 0 Å². The highest BCUT2D eigenvalue weighted by Gasteiger charge is 1.91. The van der Waals surface area contributed by atoms with E-state index in [4.69, 9.17) is 11.1 Å².